The number of carboxylic acid groups (broad SMARTS) is 1. The SMILES string of the molecule is C[C@@]12C[C@H]3C[C@@](C(=O)O)(C1)C[C@](c1ccccc1)(C3)C2. The van der Waals surface area contributed by atoms with Crippen molar-refractivity contribution in [3.63, 3.8) is 0 Å². The number of aliphatic carboxylic acids is 1. The third-order valence-electron chi connectivity index (χ3n) is 6.19. The first kappa shape index (κ1) is 12.4. The molecule has 106 valence electrons. The maximum absolute atomic E-state index is 12.0. The van der Waals surface area contributed by atoms with E-state index in [0.717, 1.165) is 19.3 Å². The standard InChI is InChI=1S/C18H22O2/c1-16-7-13-8-17(10-16,14-5-3-2-4-6-14)12-18(9-13,11-16)15(19)20/h2-6,13H,7-12H2,1H3,(H,19,20)/t13-,16+,17+,18-/m1/s1. The molecule has 0 aliphatic heterocycles. The van der Waals surface area contributed by atoms with E-state index in [0.29, 0.717) is 5.92 Å². The molecule has 1 N–H and O–H groups in total. The molecule has 4 atom stereocenters. The highest BCUT2D eigenvalue weighted by molar-refractivity contribution is 5.76. The monoisotopic (exact) mass is 270 g/mol. The zero-order valence-electron chi connectivity index (χ0n) is 12.1. The normalized spacial score (nSPS) is 45.5. The Kier molecular flexibility index (Phi) is 2.28. The first-order valence-electron chi connectivity index (χ1n) is 7.75. The van der Waals surface area contributed by atoms with Gasteiger partial charge in [-0.2, -0.15) is 0 Å². The van der Waals surface area contributed by atoms with Crippen LogP contribution in [0.1, 0.15) is 51.0 Å². The molecule has 4 fully saturated rings. The zero-order chi connectivity index (χ0) is 14.0. The van der Waals surface area contributed by atoms with Gasteiger partial charge in [-0.1, -0.05) is 37.3 Å². The van der Waals surface area contributed by atoms with E-state index in [4.69, 9.17) is 0 Å². The molecule has 2 nitrogen and oxygen atoms in total. The lowest BCUT2D eigenvalue weighted by atomic mass is 9.39. The van der Waals surface area contributed by atoms with Gasteiger partial charge in [-0.15, -0.1) is 0 Å². The van der Waals surface area contributed by atoms with Gasteiger partial charge in [-0.3, -0.25) is 4.79 Å². The molecule has 4 saturated carbocycles. The molecular weight excluding hydrogens is 248 g/mol. The third kappa shape index (κ3) is 1.54. The molecule has 4 aliphatic rings. The van der Waals surface area contributed by atoms with E-state index < -0.39 is 11.4 Å². The largest absolute Gasteiger partial charge is 0.481 e. The number of hydrogen-bond donors (Lipinski definition) is 1. The van der Waals surface area contributed by atoms with Gasteiger partial charge in [0, 0.05) is 0 Å². The molecule has 20 heavy (non-hydrogen) atoms. The summed E-state index contributed by atoms with van der Waals surface area (Å²) in [7, 11) is 0. The number of rotatable bonds is 2. The topological polar surface area (TPSA) is 37.3 Å². The molecule has 1 aromatic rings. The summed E-state index contributed by atoms with van der Waals surface area (Å²) >= 11 is 0. The Morgan fingerprint density at radius 2 is 1.85 bits per heavy atom. The fourth-order valence-corrected chi connectivity index (χ4v) is 6.27. The molecule has 0 aromatic heterocycles. The van der Waals surface area contributed by atoms with Crippen LogP contribution in [0.5, 0.6) is 0 Å². The van der Waals surface area contributed by atoms with Crippen molar-refractivity contribution in [2.45, 2.75) is 50.9 Å². The summed E-state index contributed by atoms with van der Waals surface area (Å²) in [6.07, 6.45) is 6.26. The molecule has 2 heteroatoms. The number of benzene rings is 1. The van der Waals surface area contributed by atoms with E-state index in [-0.39, 0.29) is 10.8 Å². The molecule has 0 radical (unpaired) electrons. The Morgan fingerprint density at radius 1 is 1.10 bits per heavy atom. The smallest absolute Gasteiger partial charge is 0.309 e. The van der Waals surface area contributed by atoms with Gasteiger partial charge in [-0.05, 0) is 60.8 Å². The first-order valence-corrected chi connectivity index (χ1v) is 7.75. The molecule has 0 heterocycles. The van der Waals surface area contributed by atoms with Gasteiger partial charge in [0.25, 0.3) is 0 Å². The quantitative estimate of drug-likeness (QED) is 0.882. The van der Waals surface area contributed by atoms with Crippen molar-refractivity contribution in [1.29, 1.82) is 0 Å². The van der Waals surface area contributed by atoms with Gasteiger partial charge in [0.15, 0.2) is 0 Å². The first-order chi connectivity index (χ1) is 9.46. The lowest BCUT2D eigenvalue weighted by Gasteiger charge is -2.64. The van der Waals surface area contributed by atoms with Crippen molar-refractivity contribution in [2.75, 3.05) is 0 Å². The van der Waals surface area contributed by atoms with Crippen LogP contribution in [0.2, 0.25) is 0 Å². The van der Waals surface area contributed by atoms with Gasteiger partial charge in [0.1, 0.15) is 0 Å². The van der Waals surface area contributed by atoms with Crippen molar-refractivity contribution >= 4 is 5.97 Å². The number of carboxylic acids is 1. The molecule has 0 spiro atoms. The van der Waals surface area contributed by atoms with Crippen LogP contribution in [0.25, 0.3) is 0 Å². The van der Waals surface area contributed by atoms with Crippen LogP contribution >= 0.6 is 0 Å². The second-order valence-corrected chi connectivity index (χ2v) is 8.05. The Hall–Kier alpha value is -1.31. The van der Waals surface area contributed by atoms with Gasteiger partial charge in [-0.25, -0.2) is 0 Å². The van der Waals surface area contributed by atoms with E-state index >= 15 is 0 Å². The van der Waals surface area contributed by atoms with E-state index in [9.17, 15) is 9.90 Å². The zero-order valence-corrected chi connectivity index (χ0v) is 12.1. The van der Waals surface area contributed by atoms with Crippen molar-refractivity contribution in [1.82, 2.24) is 0 Å². The summed E-state index contributed by atoms with van der Waals surface area (Å²) in [5.74, 6) is 0.0562. The molecule has 0 saturated heterocycles. The molecule has 1 aromatic carbocycles. The average Bonchev–Trinajstić information content (AvgIpc) is 2.37. The van der Waals surface area contributed by atoms with Crippen LogP contribution in [0.3, 0.4) is 0 Å². The van der Waals surface area contributed by atoms with E-state index in [1.807, 2.05) is 0 Å². The minimum Gasteiger partial charge on any atom is -0.481 e. The predicted octanol–water partition coefficient (Wildman–Crippen LogP) is 4.00. The second kappa shape index (κ2) is 3.66. The predicted molar refractivity (Wildman–Crippen MR) is 77.5 cm³/mol. The van der Waals surface area contributed by atoms with Crippen LogP contribution in [0, 0.1) is 16.7 Å². The Bertz CT molecular complexity index is 566. The lowest BCUT2D eigenvalue weighted by molar-refractivity contribution is -0.176. The third-order valence-corrected chi connectivity index (χ3v) is 6.19. The average molecular weight is 270 g/mol. The van der Waals surface area contributed by atoms with Crippen LogP contribution in [-0.2, 0) is 10.2 Å². The highest BCUT2D eigenvalue weighted by atomic mass is 16.4. The fraction of sp³-hybridized carbons (Fsp3) is 0.611. The molecule has 4 aliphatic carbocycles. The van der Waals surface area contributed by atoms with Gasteiger partial charge >= 0.3 is 5.97 Å². The molecule has 0 unspecified atom stereocenters. The Morgan fingerprint density at radius 3 is 2.50 bits per heavy atom. The highest BCUT2D eigenvalue weighted by Gasteiger charge is 2.64. The van der Waals surface area contributed by atoms with Crippen LogP contribution < -0.4 is 0 Å². The summed E-state index contributed by atoms with van der Waals surface area (Å²) in [5.41, 5.74) is 1.27. The van der Waals surface area contributed by atoms with E-state index in [1.54, 1.807) is 0 Å². The summed E-state index contributed by atoms with van der Waals surface area (Å²) in [6.45, 7) is 2.33. The molecule has 5 rings (SSSR count). The summed E-state index contributed by atoms with van der Waals surface area (Å²) < 4.78 is 0. The van der Waals surface area contributed by atoms with Crippen molar-refractivity contribution in [2.24, 2.45) is 16.7 Å². The van der Waals surface area contributed by atoms with Crippen molar-refractivity contribution in [3.8, 4) is 0 Å². The van der Waals surface area contributed by atoms with Crippen molar-refractivity contribution < 1.29 is 9.90 Å². The maximum Gasteiger partial charge on any atom is 0.309 e. The number of hydrogen-bond acceptors (Lipinski definition) is 1. The molecular formula is C18H22O2. The highest BCUT2D eigenvalue weighted by Crippen LogP contribution is 2.69. The minimum absolute atomic E-state index is 0.119. The summed E-state index contributed by atoms with van der Waals surface area (Å²) in [4.78, 5) is 12.0. The van der Waals surface area contributed by atoms with Crippen LogP contribution in [0.15, 0.2) is 30.3 Å². The van der Waals surface area contributed by atoms with Gasteiger partial charge in [0.2, 0.25) is 0 Å². The van der Waals surface area contributed by atoms with E-state index in [2.05, 4.69) is 37.3 Å². The van der Waals surface area contributed by atoms with Gasteiger partial charge in [0.05, 0.1) is 5.41 Å². The fourth-order valence-electron chi connectivity index (χ4n) is 6.27. The Labute approximate surface area is 120 Å². The van der Waals surface area contributed by atoms with Gasteiger partial charge < -0.3 is 5.11 Å². The summed E-state index contributed by atoms with van der Waals surface area (Å²) in [5, 5.41) is 9.85. The Balaban J connectivity index is 1.85. The van der Waals surface area contributed by atoms with Crippen molar-refractivity contribution in [3.05, 3.63) is 35.9 Å². The second-order valence-electron chi connectivity index (χ2n) is 8.05. The van der Waals surface area contributed by atoms with Crippen LogP contribution in [0.4, 0.5) is 0 Å². The molecule has 4 bridgehead atoms. The summed E-state index contributed by atoms with van der Waals surface area (Å²) in [6, 6.07) is 10.7. The number of carbonyl (C=O) groups is 1. The van der Waals surface area contributed by atoms with Crippen LogP contribution in [-0.4, -0.2) is 11.1 Å². The minimum atomic E-state index is -0.548. The maximum atomic E-state index is 12.0. The molecule has 0 amide bonds. The van der Waals surface area contributed by atoms with E-state index in [1.165, 1.54) is 24.8 Å². The lowest BCUT2D eigenvalue weighted by Crippen LogP contribution is -2.60.